The van der Waals surface area contributed by atoms with Crippen molar-refractivity contribution in [3.63, 3.8) is 0 Å². The van der Waals surface area contributed by atoms with E-state index in [0.717, 1.165) is 17.8 Å². The molecular formula is C18H24ClFN4O. The number of aromatic nitrogens is 2. The van der Waals surface area contributed by atoms with E-state index in [9.17, 15) is 9.18 Å². The van der Waals surface area contributed by atoms with Crippen molar-refractivity contribution >= 4 is 18.3 Å². The summed E-state index contributed by atoms with van der Waals surface area (Å²) in [5.41, 5.74) is 2.28. The van der Waals surface area contributed by atoms with Crippen molar-refractivity contribution in [2.45, 2.75) is 25.8 Å². The minimum atomic E-state index is -0.284. The maximum atomic E-state index is 13.6. The molecule has 1 N–H and O–H groups in total. The second-order valence-electron chi connectivity index (χ2n) is 6.51. The molecule has 2 aromatic rings. The molecule has 2 heterocycles. The summed E-state index contributed by atoms with van der Waals surface area (Å²) in [6.07, 6.45) is 0. The molecule has 0 radical (unpaired) electrons. The maximum absolute atomic E-state index is 13.6. The van der Waals surface area contributed by atoms with E-state index in [1.54, 1.807) is 17.8 Å². The minimum Gasteiger partial charge on any atom is -0.328 e. The molecule has 25 heavy (non-hydrogen) atoms. The first kappa shape index (κ1) is 19.4. The largest absolute Gasteiger partial charge is 0.328 e. The number of piperazine rings is 1. The standard InChI is InChI=1S/C18H23FN4O.ClH/c1-12(2)15-10-16(22(3)21-15)18(24)23-8-7-20-11-17(23)13-5-4-6-14(19)9-13;/h4-6,9-10,12,17,20H,7-8,11H2,1-3H3;1H. The highest BCUT2D eigenvalue weighted by Crippen LogP contribution is 2.25. The van der Waals surface area contributed by atoms with Crippen molar-refractivity contribution in [3.05, 3.63) is 53.1 Å². The van der Waals surface area contributed by atoms with E-state index in [-0.39, 0.29) is 36.1 Å². The van der Waals surface area contributed by atoms with Gasteiger partial charge in [-0.2, -0.15) is 5.10 Å². The van der Waals surface area contributed by atoms with Crippen molar-refractivity contribution in [1.82, 2.24) is 20.0 Å². The molecule has 136 valence electrons. The molecule has 0 aliphatic carbocycles. The molecule has 0 bridgehead atoms. The van der Waals surface area contributed by atoms with Gasteiger partial charge in [0.2, 0.25) is 0 Å². The normalized spacial score (nSPS) is 17.5. The first-order valence-electron chi connectivity index (χ1n) is 8.28. The molecule has 1 fully saturated rings. The fourth-order valence-corrected chi connectivity index (χ4v) is 3.08. The molecule has 1 atom stereocenters. The first-order chi connectivity index (χ1) is 11.5. The van der Waals surface area contributed by atoms with Crippen molar-refractivity contribution in [2.75, 3.05) is 19.6 Å². The second-order valence-corrected chi connectivity index (χ2v) is 6.51. The second kappa shape index (κ2) is 7.97. The van der Waals surface area contributed by atoms with Crippen LogP contribution in [0.3, 0.4) is 0 Å². The van der Waals surface area contributed by atoms with Crippen LogP contribution in [0.25, 0.3) is 0 Å². The zero-order chi connectivity index (χ0) is 17.3. The van der Waals surface area contributed by atoms with E-state index < -0.39 is 0 Å². The molecule has 1 amide bonds. The van der Waals surface area contributed by atoms with Gasteiger partial charge in [0.25, 0.3) is 5.91 Å². The molecule has 0 saturated carbocycles. The van der Waals surface area contributed by atoms with Gasteiger partial charge in [-0.3, -0.25) is 9.48 Å². The molecular weight excluding hydrogens is 343 g/mol. The van der Waals surface area contributed by atoms with Gasteiger partial charge in [-0.25, -0.2) is 4.39 Å². The van der Waals surface area contributed by atoms with Crippen LogP contribution in [0.15, 0.2) is 30.3 Å². The Bertz CT molecular complexity index is 746. The quantitative estimate of drug-likeness (QED) is 0.908. The number of nitrogens with zero attached hydrogens (tertiary/aromatic N) is 3. The van der Waals surface area contributed by atoms with E-state index in [1.165, 1.54) is 12.1 Å². The van der Waals surface area contributed by atoms with Gasteiger partial charge in [0.15, 0.2) is 0 Å². The summed E-state index contributed by atoms with van der Waals surface area (Å²) in [7, 11) is 1.79. The van der Waals surface area contributed by atoms with E-state index in [1.807, 2.05) is 17.0 Å². The van der Waals surface area contributed by atoms with Crippen LogP contribution in [0.2, 0.25) is 0 Å². The van der Waals surface area contributed by atoms with Crippen LogP contribution in [-0.2, 0) is 7.05 Å². The number of rotatable bonds is 3. The van der Waals surface area contributed by atoms with E-state index >= 15 is 0 Å². The Hall–Kier alpha value is -1.92. The average Bonchev–Trinajstić information content (AvgIpc) is 2.96. The third-order valence-electron chi connectivity index (χ3n) is 4.45. The smallest absolute Gasteiger partial charge is 0.272 e. The predicted octanol–water partition coefficient (Wildman–Crippen LogP) is 2.89. The van der Waals surface area contributed by atoms with Crippen molar-refractivity contribution < 1.29 is 9.18 Å². The Labute approximate surface area is 153 Å². The number of aryl methyl sites for hydroxylation is 1. The Morgan fingerprint density at radius 1 is 1.36 bits per heavy atom. The number of hydrogen-bond donors (Lipinski definition) is 1. The molecule has 7 heteroatoms. The summed E-state index contributed by atoms with van der Waals surface area (Å²) in [6.45, 7) is 6.03. The van der Waals surface area contributed by atoms with E-state index in [4.69, 9.17) is 0 Å². The molecule has 0 spiro atoms. The van der Waals surface area contributed by atoms with Gasteiger partial charge in [0.05, 0.1) is 11.7 Å². The zero-order valence-corrected chi connectivity index (χ0v) is 15.5. The summed E-state index contributed by atoms with van der Waals surface area (Å²) >= 11 is 0. The Morgan fingerprint density at radius 3 is 2.76 bits per heavy atom. The summed E-state index contributed by atoms with van der Waals surface area (Å²) in [6, 6.07) is 8.15. The fourth-order valence-electron chi connectivity index (χ4n) is 3.08. The lowest BCUT2D eigenvalue weighted by Gasteiger charge is -2.36. The Morgan fingerprint density at radius 2 is 2.12 bits per heavy atom. The average molecular weight is 367 g/mol. The molecule has 5 nitrogen and oxygen atoms in total. The van der Waals surface area contributed by atoms with Gasteiger partial charge in [-0.05, 0) is 29.7 Å². The Balaban J connectivity index is 0.00000225. The third-order valence-corrected chi connectivity index (χ3v) is 4.45. The molecule has 3 rings (SSSR count). The first-order valence-corrected chi connectivity index (χ1v) is 8.28. The topological polar surface area (TPSA) is 50.2 Å². The van der Waals surface area contributed by atoms with Gasteiger partial charge in [0.1, 0.15) is 11.5 Å². The molecule has 1 aromatic heterocycles. The van der Waals surface area contributed by atoms with Crippen LogP contribution in [0.1, 0.15) is 47.6 Å². The number of nitrogens with one attached hydrogen (secondary N) is 1. The third kappa shape index (κ3) is 4.02. The van der Waals surface area contributed by atoms with Crippen molar-refractivity contribution in [1.29, 1.82) is 0 Å². The number of amides is 1. The molecule has 1 aliphatic heterocycles. The zero-order valence-electron chi connectivity index (χ0n) is 14.7. The van der Waals surface area contributed by atoms with Gasteiger partial charge in [0, 0.05) is 26.7 Å². The highest BCUT2D eigenvalue weighted by atomic mass is 35.5. The molecule has 1 aromatic carbocycles. The van der Waals surface area contributed by atoms with Crippen LogP contribution in [-0.4, -0.2) is 40.2 Å². The summed E-state index contributed by atoms with van der Waals surface area (Å²) in [4.78, 5) is 14.9. The molecule has 1 saturated heterocycles. The lowest BCUT2D eigenvalue weighted by molar-refractivity contribution is 0.0622. The van der Waals surface area contributed by atoms with Gasteiger partial charge < -0.3 is 10.2 Å². The van der Waals surface area contributed by atoms with Gasteiger partial charge in [-0.1, -0.05) is 26.0 Å². The maximum Gasteiger partial charge on any atom is 0.272 e. The fraction of sp³-hybridized carbons (Fsp3) is 0.444. The lowest BCUT2D eigenvalue weighted by Crippen LogP contribution is -2.49. The van der Waals surface area contributed by atoms with Crippen molar-refractivity contribution in [2.24, 2.45) is 7.05 Å². The van der Waals surface area contributed by atoms with Crippen LogP contribution in [0.5, 0.6) is 0 Å². The van der Waals surface area contributed by atoms with E-state index in [2.05, 4.69) is 24.3 Å². The number of benzene rings is 1. The van der Waals surface area contributed by atoms with Gasteiger partial charge >= 0.3 is 0 Å². The highest BCUT2D eigenvalue weighted by molar-refractivity contribution is 5.93. The highest BCUT2D eigenvalue weighted by Gasteiger charge is 2.30. The molecule has 1 unspecified atom stereocenters. The SMILES string of the molecule is CC(C)c1cc(C(=O)N2CCNCC2c2cccc(F)c2)n(C)n1.Cl. The van der Waals surface area contributed by atoms with Crippen LogP contribution in [0.4, 0.5) is 4.39 Å². The number of hydrogen-bond acceptors (Lipinski definition) is 3. The summed E-state index contributed by atoms with van der Waals surface area (Å²) in [5, 5.41) is 7.72. The molecule has 1 aliphatic rings. The van der Waals surface area contributed by atoms with Crippen molar-refractivity contribution in [3.8, 4) is 0 Å². The number of halogens is 2. The van der Waals surface area contributed by atoms with Gasteiger partial charge in [-0.15, -0.1) is 12.4 Å². The van der Waals surface area contributed by atoms with Crippen LogP contribution < -0.4 is 5.32 Å². The summed E-state index contributed by atoms with van der Waals surface area (Å²) < 4.78 is 15.2. The van der Waals surface area contributed by atoms with Crippen LogP contribution >= 0.6 is 12.4 Å². The predicted molar refractivity (Wildman–Crippen MR) is 97.6 cm³/mol. The number of carbonyl (C=O) groups excluding carboxylic acids is 1. The Kier molecular flexibility index (Phi) is 6.19. The lowest BCUT2D eigenvalue weighted by atomic mass is 10.0. The summed E-state index contributed by atoms with van der Waals surface area (Å²) in [5.74, 6) is -0.0828. The van der Waals surface area contributed by atoms with Crippen LogP contribution in [0, 0.1) is 5.82 Å². The number of carbonyl (C=O) groups is 1. The van der Waals surface area contributed by atoms with E-state index in [0.29, 0.717) is 18.8 Å². The monoisotopic (exact) mass is 366 g/mol. The minimum absolute atomic E-state index is 0.